The Labute approximate surface area is 167 Å². The molecule has 2 saturated heterocycles. The van der Waals surface area contributed by atoms with Crippen LogP contribution in [-0.2, 0) is 6.54 Å². The average Bonchev–Trinajstić information content (AvgIpc) is 3.21. The van der Waals surface area contributed by atoms with E-state index in [1.807, 2.05) is 42.4 Å². The van der Waals surface area contributed by atoms with Crippen LogP contribution in [0.1, 0.15) is 40.7 Å². The lowest BCUT2D eigenvalue weighted by atomic mass is 9.83. The molecule has 0 radical (unpaired) electrons. The number of aryl methyl sites for hydroxylation is 1. The van der Waals surface area contributed by atoms with Crippen LogP contribution in [-0.4, -0.2) is 52.0 Å². The van der Waals surface area contributed by atoms with Gasteiger partial charge in [0.1, 0.15) is 5.75 Å². The molecule has 2 fully saturated rings. The zero-order valence-corrected chi connectivity index (χ0v) is 16.6. The number of phenols is 1. The molecular weight excluding hydrogens is 350 g/mol. The maximum Gasteiger partial charge on any atom is 0.253 e. The van der Waals surface area contributed by atoms with E-state index in [-0.39, 0.29) is 11.7 Å². The highest BCUT2D eigenvalue weighted by atomic mass is 16.3. The zero-order chi connectivity index (χ0) is 19.5. The van der Waals surface area contributed by atoms with Crippen molar-refractivity contribution >= 4 is 5.91 Å². The van der Waals surface area contributed by atoms with Gasteiger partial charge in [-0.25, -0.2) is 0 Å². The highest BCUT2D eigenvalue weighted by molar-refractivity contribution is 5.94. The number of likely N-dealkylation sites (tertiary alicyclic amines) is 2. The largest absolute Gasteiger partial charge is 0.508 e. The van der Waals surface area contributed by atoms with E-state index in [9.17, 15) is 9.90 Å². The van der Waals surface area contributed by atoms with Gasteiger partial charge in [0.2, 0.25) is 0 Å². The Morgan fingerprint density at radius 1 is 1.14 bits per heavy atom. The Kier molecular flexibility index (Phi) is 5.62. The number of phenolic OH excluding ortho intramolecular Hbond substituents is 1. The van der Waals surface area contributed by atoms with Gasteiger partial charge in [-0.15, -0.1) is 0 Å². The molecular formula is C23H29N3O2. The molecule has 28 heavy (non-hydrogen) atoms. The summed E-state index contributed by atoms with van der Waals surface area (Å²) >= 11 is 0. The molecule has 1 N–H and O–H groups in total. The molecule has 3 heterocycles. The minimum atomic E-state index is 0.0480. The van der Waals surface area contributed by atoms with Crippen molar-refractivity contribution in [1.29, 1.82) is 0 Å². The molecule has 0 saturated carbocycles. The van der Waals surface area contributed by atoms with Crippen LogP contribution in [0, 0.1) is 18.8 Å². The molecule has 0 aliphatic carbocycles. The molecule has 0 bridgehead atoms. The van der Waals surface area contributed by atoms with Crippen molar-refractivity contribution in [2.75, 3.05) is 26.2 Å². The van der Waals surface area contributed by atoms with Gasteiger partial charge in [-0.05, 0) is 80.4 Å². The Morgan fingerprint density at radius 2 is 1.93 bits per heavy atom. The number of nitrogens with zero attached hydrogens (tertiary/aromatic N) is 3. The van der Waals surface area contributed by atoms with Gasteiger partial charge in [-0.3, -0.25) is 14.7 Å². The van der Waals surface area contributed by atoms with Gasteiger partial charge < -0.3 is 10.0 Å². The van der Waals surface area contributed by atoms with Gasteiger partial charge in [0.25, 0.3) is 5.91 Å². The van der Waals surface area contributed by atoms with Gasteiger partial charge >= 0.3 is 0 Å². The number of amides is 1. The van der Waals surface area contributed by atoms with Gasteiger partial charge in [0.05, 0.1) is 0 Å². The predicted octanol–water partition coefficient (Wildman–Crippen LogP) is 3.47. The molecule has 1 aromatic heterocycles. The third-order valence-corrected chi connectivity index (χ3v) is 6.40. The van der Waals surface area contributed by atoms with Crippen molar-refractivity contribution in [2.24, 2.45) is 11.8 Å². The Hall–Kier alpha value is -2.40. The normalized spacial score (nSPS) is 21.2. The van der Waals surface area contributed by atoms with Crippen molar-refractivity contribution in [3.63, 3.8) is 0 Å². The molecule has 1 atom stereocenters. The van der Waals surface area contributed by atoms with Crippen LogP contribution in [0.2, 0.25) is 0 Å². The Balaban J connectivity index is 1.29. The molecule has 2 aromatic rings. The summed E-state index contributed by atoms with van der Waals surface area (Å²) in [5.74, 6) is 1.55. The lowest BCUT2D eigenvalue weighted by Gasteiger charge is -2.34. The van der Waals surface area contributed by atoms with E-state index < -0.39 is 0 Å². The fraction of sp³-hybridized carbons (Fsp3) is 0.478. The number of carbonyl (C=O) groups excluding carboxylic acids is 1. The molecule has 148 valence electrons. The molecule has 4 rings (SSSR count). The first kappa shape index (κ1) is 18.9. The molecule has 5 nitrogen and oxygen atoms in total. The zero-order valence-electron chi connectivity index (χ0n) is 16.6. The van der Waals surface area contributed by atoms with E-state index in [1.54, 1.807) is 6.07 Å². The Morgan fingerprint density at radius 3 is 2.64 bits per heavy atom. The van der Waals surface area contributed by atoms with Crippen LogP contribution in [0.15, 0.2) is 42.7 Å². The van der Waals surface area contributed by atoms with Crippen LogP contribution in [0.5, 0.6) is 5.75 Å². The minimum Gasteiger partial charge on any atom is -0.508 e. The van der Waals surface area contributed by atoms with Crippen molar-refractivity contribution in [2.45, 2.75) is 32.7 Å². The lowest BCUT2D eigenvalue weighted by Crippen LogP contribution is -2.37. The maximum atomic E-state index is 12.8. The topological polar surface area (TPSA) is 56.7 Å². The summed E-state index contributed by atoms with van der Waals surface area (Å²) < 4.78 is 0. The van der Waals surface area contributed by atoms with Crippen molar-refractivity contribution < 1.29 is 9.90 Å². The number of hydrogen-bond acceptors (Lipinski definition) is 4. The van der Waals surface area contributed by atoms with Crippen LogP contribution in [0.25, 0.3) is 0 Å². The van der Waals surface area contributed by atoms with Crippen LogP contribution < -0.4 is 0 Å². The Bertz CT molecular complexity index is 816. The van der Waals surface area contributed by atoms with Crippen molar-refractivity contribution in [3.05, 3.63) is 59.4 Å². The second-order valence-corrected chi connectivity index (χ2v) is 8.28. The molecule has 1 aromatic carbocycles. The lowest BCUT2D eigenvalue weighted by molar-refractivity contribution is 0.0772. The third kappa shape index (κ3) is 4.20. The molecule has 5 heteroatoms. The number of rotatable bonds is 4. The molecule has 1 amide bonds. The van der Waals surface area contributed by atoms with Gasteiger partial charge in [0, 0.05) is 37.6 Å². The van der Waals surface area contributed by atoms with E-state index in [1.165, 1.54) is 18.4 Å². The number of pyridine rings is 1. The second-order valence-electron chi connectivity index (χ2n) is 8.28. The smallest absolute Gasteiger partial charge is 0.253 e. The monoisotopic (exact) mass is 379 g/mol. The van der Waals surface area contributed by atoms with Gasteiger partial charge in [-0.2, -0.15) is 0 Å². The number of aromatic nitrogens is 1. The van der Waals surface area contributed by atoms with Crippen molar-refractivity contribution in [3.8, 4) is 5.75 Å². The fourth-order valence-corrected chi connectivity index (χ4v) is 4.61. The average molecular weight is 380 g/mol. The highest BCUT2D eigenvalue weighted by Crippen LogP contribution is 2.33. The number of aromatic hydroxyl groups is 1. The van der Waals surface area contributed by atoms with Crippen molar-refractivity contribution in [1.82, 2.24) is 14.8 Å². The van der Waals surface area contributed by atoms with Crippen LogP contribution >= 0.6 is 0 Å². The summed E-state index contributed by atoms with van der Waals surface area (Å²) in [7, 11) is 0. The van der Waals surface area contributed by atoms with E-state index in [4.69, 9.17) is 0 Å². The highest BCUT2D eigenvalue weighted by Gasteiger charge is 2.34. The molecule has 2 aliphatic rings. The molecule has 1 unspecified atom stereocenters. The number of hydrogen-bond donors (Lipinski definition) is 1. The van der Waals surface area contributed by atoms with Crippen LogP contribution in [0.4, 0.5) is 0 Å². The summed E-state index contributed by atoms with van der Waals surface area (Å²) in [6.45, 7) is 6.74. The van der Waals surface area contributed by atoms with Crippen LogP contribution in [0.3, 0.4) is 0 Å². The summed E-state index contributed by atoms with van der Waals surface area (Å²) in [6, 6.07) is 9.38. The number of carbonyl (C=O) groups is 1. The number of piperidine rings is 1. The van der Waals surface area contributed by atoms with Gasteiger partial charge in [0.15, 0.2) is 0 Å². The minimum absolute atomic E-state index is 0.0480. The molecule has 0 spiro atoms. The number of benzene rings is 1. The third-order valence-electron chi connectivity index (χ3n) is 6.40. The SMILES string of the molecule is Cc1ccc(C(=O)N2CCC(C3CCN(Cc4cccnc4)CC3)C2)cc1O. The second kappa shape index (κ2) is 8.31. The van der Waals surface area contributed by atoms with E-state index in [2.05, 4.69) is 16.0 Å². The molecule has 2 aliphatic heterocycles. The quantitative estimate of drug-likeness (QED) is 0.884. The standard InChI is InChI=1S/C23H29N3O2/c1-17-4-5-20(13-22(17)27)23(28)26-12-8-21(16-26)19-6-10-25(11-7-19)15-18-3-2-9-24-14-18/h2-5,9,13-14,19,21,27H,6-8,10-12,15-16H2,1H3. The summed E-state index contributed by atoms with van der Waals surface area (Å²) in [5.41, 5.74) is 2.67. The summed E-state index contributed by atoms with van der Waals surface area (Å²) in [4.78, 5) is 21.5. The first-order valence-electron chi connectivity index (χ1n) is 10.3. The van der Waals surface area contributed by atoms with E-state index >= 15 is 0 Å². The van der Waals surface area contributed by atoms with E-state index in [0.29, 0.717) is 17.4 Å². The first-order valence-corrected chi connectivity index (χ1v) is 10.3. The summed E-state index contributed by atoms with van der Waals surface area (Å²) in [6.07, 6.45) is 7.28. The summed E-state index contributed by atoms with van der Waals surface area (Å²) in [5, 5.41) is 9.90. The maximum absolute atomic E-state index is 12.8. The first-order chi connectivity index (χ1) is 13.6. The van der Waals surface area contributed by atoms with Gasteiger partial charge in [-0.1, -0.05) is 12.1 Å². The fourth-order valence-electron chi connectivity index (χ4n) is 4.61. The predicted molar refractivity (Wildman–Crippen MR) is 109 cm³/mol. The van der Waals surface area contributed by atoms with E-state index in [0.717, 1.165) is 44.7 Å².